The lowest BCUT2D eigenvalue weighted by Gasteiger charge is -2.34. The lowest BCUT2D eigenvalue weighted by molar-refractivity contribution is -0.0615. The van der Waals surface area contributed by atoms with E-state index in [2.05, 4.69) is 29.2 Å². The van der Waals surface area contributed by atoms with E-state index >= 15 is 0 Å². The number of amides is 1. The topological polar surface area (TPSA) is 95.0 Å². The molecular formula is C24H28N6O3. The van der Waals surface area contributed by atoms with E-state index in [9.17, 15) is 4.79 Å². The average molecular weight is 449 g/mol. The Bertz CT molecular complexity index is 1310. The monoisotopic (exact) mass is 448 g/mol. The number of hydrogen-bond donors (Lipinski definition) is 1. The molecule has 1 amide bonds. The van der Waals surface area contributed by atoms with E-state index in [0.29, 0.717) is 29.3 Å². The van der Waals surface area contributed by atoms with Gasteiger partial charge in [0.05, 0.1) is 35.8 Å². The van der Waals surface area contributed by atoms with Crippen LogP contribution < -0.4 is 10.1 Å². The largest absolute Gasteiger partial charge is 0.490 e. The van der Waals surface area contributed by atoms with Crippen LogP contribution in [0.25, 0.3) is 11.3 Å². The molecule has 4 aromatic heterocycles. The van der Waals surface area contributed by atoms with Crippen molar-refractivity contribution in [1.82, 2.24) is 24.0 Å². The van der Waals surface area contributed by atoms with Crippen molar-refractivity contribution in [2.75, 3.05) is 11.9 Å². The molecule has 0 aliphatic carbocycles. The minimum atomic E-state index is -0.300. The summed E-state index contributed by atoms with van der Waals surface area (Å²) in [5.74, 6) is 0.415. The van der Waals surface area contributed by atoms with Crippen LogP contribution in [0.15, 0.2) is 43.1 Å². The highest BCUT2D eigenvalue weighted by molar-refractivity contribution is 6.07. The van der Waals surface area contributed by atoms with Gasteiger partial charge in [-0.15, -0.1) is 0 Å². The van der Waals surface area contributed by atoms with E-state index in [1.54, 1.807) is 35.4 Å². The SMILES string of the molecule is CC(C)Oc1cc2nc(C3CCC(C)(C)OC3)cn2cc1C(=O)Nc1cnn2cccnc12. The number of carbonyl (C=O) groups excluding carboxylic acids is 1. The van der Waals surface area contributed by atoms with Crippen LogP contribution >= 0.6 is 0 Å². The lowest BCUT2D eigenvalue weighted by Crippen LogP contribution is -2.32. The molecule has 0 aromatic carbocycles. The number of rotatable bonds is 5. The van der Waals surface area contributed by atoms with Gasteiger partial charge in [0.1, 0.15) is 17.1 Å². The maximum absolute atomic E-state index is 13.3. The van der Waals surface area contributed by atoms with Gasteiger partial charge >= 0.3 is 0 Å². The summed E-state index contributed by atoms with van der Waals surface area (Å²) in [5.41, 5.74) is 3.13. The number of nitrogens with one attached hydrogen (secondary N) is 1. The first-order valence-corrected chi connectivity index (χ1v) is 11.2. The molecular weight excluding hydrogens is 420 g/mol. The van der Waals surface area contributed by atoms with E-state index in [4.69, 9.17) is 14.5 Å². The van der Waals surface area contributed by atoms with Gasteiger partial charge < -0.3 is 19.2 Å². The molecule has 9 heteroatoms. The highest BCUT2D eigenvalue weighted by Gasteiger charge is 2.30. The van der Waals surface area contributed by atoms with Crippen molar-refractivity contribution >= 4 is 22.9 Å². The van der Waals surface area contributed by atoms with Crippen LogP contribution in [-0.2, 0) is 4.74 Å². The van der Waals surface area contributed by atoms with Crippen molar-refractivity contribution < 1.29 is 14.3 Å². The molecule has 5 rings (SSSR count). The van der Waals surface area contributed by atoms with Crippen LogP contribution in [0, 0.1) is 0 Å². The summed E-state index contributed by atoms with van der Waals surface area (Å²) in [4.78, 5) is 22.4. The third-order valence-electron chi connectivity index (χ3n) is 5.90. The molecule has 33 heavy (non-hydrogen) atoms. The van der Waals surface area contributed by atoms with Crippen LogP contribution in [0.4, 0.5) is 5.69 Å². The normalized spacial score (nSPS) is 18.2. The van der Waals surface area contributed by atoms with Gasteiger partial charge in [0, 0.05) is 36.8 Å². The molecule has 1 aliphatic rings. The Morgan fingerprint density at radius 3 is 2.94 bits per heavy atom. The molecule has 9 nitrogen and oxygen atoms in total. The van der Waals surface area contributed by atoms with Crippen molar-refractivity contribution in [2.24, 2.45) is 0 Å². The Hall–Kier alpha value is -3.46. The highest BCUT2D eigenvalue weighted by atomic mass is 16.5. The molecule has 1 unspecified atom stereocenters. The molecule has 1 aliphatic heterocycles. The summed E-state index contributed by atoms with van der Waals surface area (Å²) in [6.07, 6.45) is 10.7. The maximum Gasteiger partial charge on any atom is 0.261 e. The van der Waals surface area contributed by atoms with Crippen molar-refractivity contribution in [3.05, 3.63) is 54.4 Å². The first-order valence-electron chi connectivity index (χ1n) is 11.2. The second kappa shape index (κ2) is 8.15. The molecule has 0 radical (unpaired) electrons. The first-order chi connectivity index (χ1) is 15.8. The predicted molar refractivity (Wildman–Crippen MR) is 124 cm³/mol. The number of fused-ring (bicyclic) bond motifs is 2. The summed E-state index contributed by atoms with van der Waals surface area (Å²) < 4.78 is 15.5. The number of anilines is 1. The Kier molecular flexibility index (Phi) is 5.28. The molecule has 172 valence electrons. The first kappa shape index (κ1) is 21.4. The fraction of sp³-hybridized carbons (Fsp3) is 0.417. The van der Waals surface area contributed by atoms with E-state index in [1.807, 2.05) is 30.5 Å². The summed E-state index contributed by atoms with van der Waals surface area (Å²) in [7, 11) is 0. The average Bonchev–Trinajstić information content (AvgIpc) is 3.36. The molecule has 1 atom stereocenters. The fourth-order valence-electron chi connectivity index (χ4n) is 4.10. The maximum atomic E-state index is 13.3. The molecule has 0 spiro atoms. The second-order valence-corrected chi connectivity index (χ2v) is 9.36. The number of pyridine rings is 1. The number of aromatic nitrogens is 5. The molecule has 4 aromatic rings. The summed E-state index contributed by atoms with van der Waals surface area (Å²) in [6, 6.07) is 3.60. The zero-order chi connectivity index (χ0) is 23.2. The van der Waals surface area contributed by atoms with Crippen LogP contribution in [0.2, 0.25) is 0 Å². The number of carbonyl (C=O) groups is 1. The van der Waals surface area contributed by atoms with Gasteiger partial charge in [-0.05, 0) is 46.6 Å². The summed E-state index contributed by atoms with van der Waals surface area (Å²) in [6.45, 7) is 8.74. The van der Waals surface area contributed by atoms with E-state index in [1.165, 1.54) is 0 Å². The number of ether oxygens (including phenoxy) is 2. The molecule has 1 fully saturated rings. The smallest absolute Gasteiger partial charge is 0.261 e. The van der Waals surface area contributed by atoms with Gasteiger partial charge in [-0.2, -0.15) is 5.10 Å². The predicted octanol–water partition coefficient (Wildman–Crippen LogP) is 4.09. The summed E-state index contributed by atoms with van der Waals surface area (Å²) >= 11 is 0. The lowest BCUT2D eigenvalue weighted by atomic mass is 9.90. The van der Waals surface area contributed by atoms with E-state index in [0.717, 1.165) is 24.2 Å². The summed E-state index contributed by atoms with van der Waals surface area (Å²) in [5, 5.41) is 7.15. The molecule has 1 saturated heterocycles. The van der Waals surface area contributed by atoms with E-state index in [-0.39, 0.29) is 23.5 Å². The molecule has 1 N–H and O–H groups in total. The zero-order valence-electron chi connectivity index (χ0n) is 19.3. The zero-order valence-corrected chi connectivity index (χ0v) is 19.3. The second-order valence-electron chi connectivity index (χ2n) is 9.36. The van der Waals surface area contributed by atoms with Gasteiger partial charge in [-0.25, -0.2) is 14.5 Å². The van der Waals surface area contributed by atoms with Crippen molar-refractivity contribution in [2.45, 2.75) is 58.2 Å². The van der Waals surface area contributed by atoms with Crippen molar-refractivity contribution in [3.8, 4) is 5.75 Å². The quantitative estimate of drug-likeness (QED) is 0.494. The van der Waals surface area contributed by atoms with Crippen molar-refractivity contribution in [1.29, 1.82) is 0 Å². The number of nitrogens with zero attached hydrogens (tertiary/aromatic N) is 5. The fourth-order valence-corrected chi connectivity index (χ4v) is 4.10. The Labute approximate surface area is 191 Å². The highest BCUT2D eigenvalue weighted by Crippen LogP contribution is 2.34. The Morgan fingerprint density at radius 2 is 2.18 bits per heavy atom. The van der Waals surface area contributed by atoms with Crippen LogP contribution in [-0.4, -0.2) is 48.2 Å². The number of imidazole rings is 1. The standard InChI is InChI=1S/C24H28N6O3/c1-15(2)33-20-10-21-27-19(16-6-7-24(3,4)32-14-16)13-29(21)12-17(20)23(31)28-18-11-26-30-9-5-8-25-22(18)30/h5,8-13,15-16H,6-7,14H2,1-4H3,(H,28,31). The minimum absolute atomic E-state index is 0.0911. The van der Waals surface area contributed by atoms with Gasteiger partial charge in [0.25, 0.3) is 5.91 Å². The van der Waals surface area contributed by atoms with Gasteiger partial charge in [-0.3, -0.25) is 4.79 Å². The van der Waals surface area contributed by atoms with Crippen LogP contribution in [0.5, 0.6) is 5.75 Å². The van der Waals surface area contributed by atoms with Gasteiger partial charge in [-0.1, -0.05) is 0 Å². The third-order valence-corrected chi connectivity index (χ3v) is 5.90. The molecule has 5 heterocycles. The Morgan fingerprint density at radius 1 is 1.33 bits per heavy atom. The van der Waals surface area contributed by atoms with Crippen LogP contribution in [0.3, 0.4) is 0 Å². The van der Waals surface area contributed by atoms with E-state index < -0.39 is 0 Å². The Balaban J connectivity index is 1.48. The molecule has 0 bridgehead atoms. The minimum Gasteiger partial charge on any atom is -0.490 e. The van der Waals surface area contributed by atoms with Gasteiger partial charge in [0.2, 0.25) is 0 Å². The van der Waals surface area contributed by atoms with Crippen LogP contribution in [0.1, 0.15) is 62.5 Å². The molecule has 0 saturated carbocycles. The third kappa shape index (κ3) is 4.28. The van der Waals surface area contributed by atoms with Gasteiger partial charge in [0.15, 0.2) is 5.65 Å². The van der Waals surface area contributed by atoms with Crippen molar-refractivity contribution in [3.63, 3.8) is 0 Å². The number of hydrogen-bond acceptors (Lipinski definition) is 6.